The predicted molar refractivity (Wildman–Crippen MR) is 80.9 cm³/mol. The maximum Gasteiger partial charge on any atom is 0.410 e. The van der Waals surface area contributed by atoms with E-state index in [4.69, 9.17) is 9.47 Å². The third kappa shape index (κ3) is 5.40. The van der Waals surface area contributed by atoms with Gasteiger partial charge in [-0.15, -0.1) is 6.58 Å². The summed E-state index contributed by atoms with van der Waals surface area (Å²) in [5, 5.41) is 0. The Balaban J connectivity index is 2.55. The zero-order valence-corrected chi connectivity index (χ0v) is 13.6. The van der Waals surface area contributed by atoms with Crippen LogP contribution >= 0.6 is 0 Å². The third-order valence-corrected chi connectivity index (χ3v) is 3.68. The summed E-state index contributed by atoms with van der Waals surface area (Å²) in [7, 11) is 1.41. The number of allylic oxidation sites excluding steroid dienone is 1. The molecule has 1 aliphatic heterocycles. The van der Waals surface area contributed by atoms with Crippen LogP contribution in [0.2, 0.25) is 0 Å². The minimum atomic E-state index is -0.481. The van der Waals surface area contributed by atoms with Gasteiger partial charge in [0.1, 0.15) is 5.60 Å². The second kappa shape index (κ2) is 7.48. The van der Waals surface area contributed by atoms with Crippen molar-refractivity contribution in [2.75, 3.05) is 20.2 Å². The van der Waals surface area contributed by atoms with Gasteiger partial charge in [0, 0.05) is 13.1 Å². The molecule has 120 valence electrons. The minimum Gasteiger partial charge on any atom is -0.469 e. The Labute approximate surface area is 127 Å². The van der Waals surface area contributed by atoms with E-state index >= 15 is 0 Å². The summed E-state index contributed by atoms with van der Waals surface area (Å²) >= 11 is 0. The Morgan fingerprint density at radius 3 is 2.33 bits per heavy atom. The Morgan fingerprint density at radius 1 is 1.33 bits per heavy atom. The monoisotopic (exact) mass is 297 g/mol. The molecular formula is C16H27NO4. The van der Waals surface area contributed by atoms with Gasteiger partial charge in [-0.3, -0.25) is 4.79 Å². The average Bonchev–Trinajstić information content (AvgIpc) is 2.42. The van der Waals surface area contributed by atoms with Crippen molar-refractivity contribution in [3.63, 3.8) is 0 Å². The molecule has 1 heterocycles. The molecule has 0 spiro atoms. The van der Waals surface area contributed by atoms with E-state index in [0.29, 0.717) is 19.5 Å². The van der Waals surface area contributed by atoms with E-state index in [2.05, 4.69) is 6.58 Å². The van der Waals surface area contributed by atoms with Crippen LogP contribution in [0.25, 0.3) is 0 Å². The van der Waals surface area contributed by atoms with E-state index in [0.717, 1.165) is 12.8 Å². The smallest absolute Gasteiger partial charge is 0.410 e. The maximum atomic E-state index is 12.0. The van der Waals surface area contributed by atoms with Gasteiger partial charge >= 0.3 is 12.1 Å². The number of carbonyl (C=O) groups excluding carboxylic acids is 2. The largest absolute Gasteiger partial charge is 0.469 e. The predicted octanol–water partition coefficient (Wildman–Crippen LogP) is 3.00. The number of amides is 1. The van der Waals surface area contributed by atoms with Gasteiger partial charge in [0.2, 0.25) is 0 Å². The normalized spacial score (nSPS) is 18.0. The first kappa shape index (κ1) is 17.5. The summed E-state index contributed by atoms with van der Waals surface area (Å²) in [6, 6.07) is 0. The lowest BCUT2D eigenvalue weighted by Crippen LogP contribution is -2.43. The molecule has 0 radical (unpaired) electrons. The van der Waals surface area contributed by atoms with Gasteiger partial charge in [-0.1, -0.05) is 6.08 Å². The Bertz CT molecular complexity index is 378. The van der Waals surface area contributed by atoms with Crippen LogP contribution in [0.5, 0.6) is 0 Å². The molecule has 1 amide bonds. The molecule has 0 aromatic heterocycles. The summed E-state index contributed by atoms with van der Waals surface area (Å²) < 4.78 is 10.2. The molecule has 0 bridgehead atoms. The summed E-state index contributed by atoms with van der Waals surface area (Å²) in [6.07, 6.45) is 3.66. The van der Waals surface area contributed by atoms with E-state index in [-0.39, 0.29) is 23.9 Å². The SMILES string of the molecule is C=CCC(C(=O)OC)C1CCN(C(=O)OC(C)(C)C)CC1. The van der Waals surface area contributed by atoms with Gasteiger partial charge < -0.3 is 14.4 Å². The fourth-order valence-electron chi connectivity index (χ4n) is 2.62. The van der Waals surface area contributed by atoms with Gasteiger partial charge in [-0.05, 0) is 46.0 Å². The number of carbonyl (C=O) groups is 2. The van der Waals surface area contributed by atoms with Crippen LogP contribution in [0, 0.1) is 11.8 Å². The first-order valence-corrected chi connectivity index (χ1v) is 7.45. The molecule has 1 aliphatic rings. The highest BCUT2D eigenvalue weighted by Gasteiger charge is 2.33. The molecule has 0 aliphatic carbocycles. The minimum absolute atomic E-state index is 0.159. The number of rotatable bonds is 4. The highest BCUT2D eigenvalue weighted by molar-refractivity contribution is 5.73. The number of nitrogens with zero attached hydrogens (tertiary/aromatic N) is 1. The Morgan fingerprint density at radius 2 is 1.90 bits per heavy atom. The zero-order chi connectivity index (χ0) is 16.0. The third-order valence-electron chi connectivity index (χ3n) is 3.68. The lowest BCUT2D eigenvalue weighted by Gasteiger charge is -2.35. The van der Waals surface area contributed by atoms with Crippen molar-refractivity contribution in [1.82, 2.24) is 4.90 Å². The maximum absolute atomic E-state index is 12.0. The summed E-state index contributed by atoms with van der Waals surface area (Å²) in [4.78, 5) is 25.5. The average molecular weight is 297 g/mol. The fourth-order valence-corrected chi connectivity index (χ4v) is 2.62. The molecule has 0 aromatic rings. The standard InChI is InChI=1S/C16H27NO4/c1-6-7-13(14(18)20-5)12-8-10-17(11-9-12)15(19)21-16(2,3)4/h6,12-13H,1,7-11H2,2-5H3. The highest BCUT2D eigenvalue weighted by Crippen LogP contribution is 2.29. The van der Waals surface area contributed by atoms with Crippen LogP contribution in [-0.4, -0.2) is 42.8 Å². The molecule has 1 atom stereocenters. The molecule has 0 N–H and O–H groups in total. The number of esters is 1. The lowest BCUT2D eigenvalue weighted by atomic mass is 9.82. The van der Waals surface area contributed by atoms with Crippen molar-refractivity contribution < 1.29 is 19.1 Å². The molecule has 1 unspecified atom stereocenters. The van der Waals surface area contributed by atoms with Crippen LogP contribution in [0.15, 0.2) is 12.7 Å². The summed E-state index contributed by atoms with van der Waals surface area (Å²) in [5.74, 6) is -0.118. The van der Waals surface area contributed by atoms with E-state index in [9.17, 15) is 9.59 Å². The quantitative estimate of drug-likeness (QED) is 0.591. The second-order valence-electron chi connectivity index (χ2n) is 6.46. The molecule has 1 fully saturated rings. The van der Waals surface area contributed by atoms with Crippen LogP contribution in [0.3, 0.4) is 0 Å². The summed E-state index contributed by atoms with van der Waals surface area (Å²) in [5.41, 5.74) is -0.481. The van der Waals surface area contributed by atoms with E-state index in [1.807, 2.05) is 20.8 Å². The Hall–Kier alpha value is -1.52. The van der Waals surface area contributed by atoms with Gasteiger partial charge in [-0.25, -0.2) is 4.79 Å². The van der Waals surface area contributed by atoms with Crippen molar-refractivity contribution in [3.05, 3.63) is 12.7 Å². The van der Waals surface area contributed by atoms with E-state index < -0.39 is 5.60 Å². The van der Waals surface area contributed by atoms with Crippen molar-refractivity contribution in [2.45, 2.75) is 45.6 Å². The van der Waals surface area contributed by atoms with E-state index in [1.54, 1.807) is 11.0 Å². The molecular weight excluding hydrogens is 270 g/mol. The number of hydrogen-bond donors (Lipinski definition) is 0. The fraction of sp³-hybridized carbons (Fsp3) is 0.750. The van der Waals surface area contributed by atoms with Gasteiger partial charge in [0.05, 0.1) is 13.0 Å². The number of methoxy groups -OCH3 is 1. The molecule has 1 saturated heterocycles. The van der Waals surface area contributed by atoms with Crippen LogP contribution in [-0.2, 0) is 14.3 Å². The number of hydrogen-bond acceptors (Lipinski definition) is 4. The van der Waals surface area contributed by atoms with Gasteiger partial charge in [-0.2, -0.15) is 0 Å². The molecule has 5 heteroatoms. The van der Waals surface area contributed by atoms with Crippen LogP contribution in [0.4, 0.5) is 4.79 Å². The van der Waals surface area contributed by atoms with Crippen LogP contribution in [0.1, 0.15) is 40.0 Å². The van der Waals surface area contributed by atoms with E-state index in [1.165, 1.54) is 7.11 Å². The van der Waals surface area contributed by atoms with Crippen molar-refractivity contribution in [3.8, 4) is 0 Å². The molecule has 21 heavy (non-hydrogen) atoms. The molecule has 5 nitrogen and oxygen atoms in total. The zero-order valence-electron chi connectivity index (χ0n) is 13.6. The van der Waals surface area contributed by atoms with Crippen molar-refractivity contribution in [1.29, 1.82) is 0 Å². The first-order chi connectivity index (χ1) is 9.78. The van der Waals surface area contributed by atoms with Crippen molar-refractivity contribution >= 4 is 12.1 Å². The number of ether oxygens (including phenoxy) is 2. The molecule has 1 rings (SSSR count). The number of likely N-dealkylation sites (tertiary alicyclic amines) is 1. The number of piperidine rings is 1. The van der Waals surface area contributed by atoms with Crippen LogP contribution < -0.4 is 0 Å². The highest BCUT2D eigenvalue weighted by atomic mass is 16.6. The second-order valence-corrected chi connectivity index (χ2v) is 6.46. The Kier molecular flexibility index (Phi) is 6.24. The van der Waals surface area contributed by atoms with Crippen molar-refractivity contribution in [2.24, 2.45) is 11.8 Å². The molecule has 0 saturated carbocycles. The van der Waals surface area contributed by atoms with Gasteiger partial charge in [0.25, 0.3) is 0 Å². The lowest BCUT2D eigenvalue weighted by molar-refractivity contribution is -0.147. The van der Waals surface area contributed by atoms with Gasteiger partial charge in [0.15, 0.2) is 0 Å². The summed E-state index contributed by atoms with van der Waals surface area (Å²) in [6.45, 7) is 10.5. The topological polar surface area (TPSA) is 55.8 Å². The molecule has 0 aromatic carbocycles. The first-order valence-electron chi connectivity index (χ1n) is 7.45.